The van der Waals surface area contributed by atoms with Gasteiger partial charge in [0.25, 0.3) is 0 Å². The lowest BCUT2D eigenvalue weighted by molar-refractivity contribution is 0.0525. The molecule has 30 heavy (non-hydrogen) atoms. The fourth-order valence-corrected chi connectivity index (χ4v) is 2.88. The lowest BCUT2D eigenvalue weighted by atomic mass is 10.1. The molecule has 0 radical (unpaired) electrons. The number of hydrogen-bond donors (Lipinski definition) is 2. The molecule has 1 aromatic rings. The number of phenols is 1. The van der Waals surface area contributed by atoms with Crippen LogP contribution >= 0.6 is 0 Å². The number of benzene rings is 1. The Hall–Kier alpha value is -2.44. The van der Waals surface area contributed by atoms with E-state index in [0.29, 0.717) is 18.9 Å². The number of phenolic OH excluding ortho intramolecular Hbond substituents is 1. The van der Waals surface area contributed by atoms with Gasteiger partial charge in [0.2, 0.25) is 0 Å². The van der Waals surface area contributed by atoms with E-state index in [4.69, 9.17) is 9.47 Å². The second-order valence-corrected chi connectivity index (χ2v) is 8.31. The average Bonchev–Trinajstić information content (AvgIpc) is 2.66. The maximum absolute atomic E-state index is 11.5. The molecule has 0 fully saturated rings. The highest BCUT2D eigenvalue weighted by Gasteiger charge is 2.15. The largest absolute Gasteiger partial charge is 0.508 e. The molecule has 0 aromatic heterocycles. The van der Waals surface area contributed by atoms with Crippen LogP contribution in [0.15, 0.2) is 18.2 Å². The van der Waals surface area contributed by atoms with Gasteiger partial charge in [-0.1, -0.05) is 38.5 Å². The van der Waals surface area contributed by atoms with Gasteiger partial charge in [0.15, 0.2) is 0 Å². The Morgan fingerprint density at radius 2 is 1.53 bits per heavy atom. The van der Waals surface area contributed by atoms with E-state index in [9.17, 15) is 14.7 Å². The molecule has 0 saturated heterocycles. The molecule has 0 saturated carbocycles. The monoisotopic (exact) mass is 423 g/mol. The highest BCUT2D eigenvalue weighted by atomic mass is 16.6. The van der Waals surface area contributed by atoms with E-state index in [-0.39, 0.29) is 17.4 Å². The number of rotatable bonds is 13. The van der Waals surface area contributed by atoms with Gasteiger partial charge in [0.05, 0.1) is 19.3 Å². The van der Waals surface area contributed by atoms with Crippen LogP contribution in [0.3, 0.4) is 0 Å². The van der Waals surface area contributed by atoms with Crippen molar-refractivity contribution in [1.82, 2.24) is 5.32 Å². The first-order chi connectivity index (χ1) is 14.2. The highest BCUT2D eigenvalue weighted by Crippen LogP contribution is 2.22. The summed E-state index contributed by atoms with van der Waals surface area (Å²) in [5.41, 5.74) is -0.182. The Balaban J connectivity index is 2.00. The first-order valence-electron chi connectivity index (χ1n) is 10.7. The van der Waals surface area contributed by atoms with Gasteiger partial charge in [0.1, 0.15) is 17.1 Å². The lowest BCUT2D eigenvalue weighted by Gasteiger charge is -2.19. The van der Waals surface area contributed by atoms with E-state index in [1.165, 1.54) is 32.1 Å². The molecule has 1 amide bonds. The summed E-state index contributed by atoms with van der Waals surface area (Å²) in [6.45, 7) is 6.75. The molecule has 7 nitrogen and oxygen atoms in total. The molecule has 0 unspecified atom stereocenters. The number of ether oxygens (including phenoxy) is 3. The third-order valence-electron chi connectivity index (χ3n) is 4.32. The SMILES string of the molecule is COC(=O)c1cc(O)cc(OCCCCCCCCCCNC(=O)OC(C)(C)C)c1. The number of alkyl carbamates (subject to hydrolysis) is 1. The van der Waals surface area contributed by atoms with Crippen molar-refractivity contribution in [2.75, 3.05) is 20.3 Å². The van der Waals surface area contributed by atoms with Crippen molar-refractivity contribution in [1.29, 1.82) is 0 Å². The molecule has 0 atom stereocenters. The minimum atomic E-state index is -0.503. The average molecular weight is 424 g/mol. The van der Waals surface area contributed by atoms with Crippen molar-refractivity contribution in [2.45, 2.75) is 77.7 Å². The number of amides is 1. The number of esters is 1. The smallest absolute Gasteiger partial charge is 0.407 e. The van der Waals surface area contributed by atoms with Crippen LogP contribution in [0.25, 0.3) is 0 Å². The van der Waals surface area contributed by atoms with Crippen LogP contribution in [0, 0.1) is 0 Å². The van der Waals surface area contributed by atoms with Gasteiger partial charge in [0, 0.05) is 12.6 Å². The number of unbranched alkanes of at least 4 members (excludes halogenated alkanes) is 7. The summed E-state index contributed by atoms with van der Waals surface area (Å²) in [5, 5.41) is 12.5. The quantitative estimate of drug-likeness (QED) is 0.334. The van der Waals surface area contributed by atoms with Crippen LogP contribution in [-0.2, 0) is 9.47 Å². The fourth-order valence-electron chi connectivity index (χ4n) is 2.88. The molecule has 2 N–H and O–H groups in total. The van der Waals surface area contributed by atoms with Crippen LogP contribution in [-0.4, -0.2) is 43.0 Å². The summed E-state index contributed by atoms with van der Waals surface area (Å²) in [4.78, 5) is 23.1. The van der Waals surface area contributed by atoms with E-state index in [2.05, 4.69) is 10.1 Å². The first kappa shape index (κ1) is 25.6. The van der Waals surface area contributed by atoms with Crippen LogP contribution in [0.1, 0.15) is 82.5 Å². The van der Waals surface area contributed by atoms with Gasteiger partial charge in [-0.2, -0.15) is 0 Å². The van der Waals surface area contributed by atoms with Crippen molar-refractivity contribution in [2.24, 2.45) is 0 Å². The Bertz CT molecular complexity index is 654. The molecule has 0 heterocycles. The van der Waals surface area contributed by atoms with Crippen LogP contribution < -0.4 is 10.1 Å². The summed E-state index contributed by atoms with van der Waals surface area (Å²) in [6.07, 6.45) is 8.37. The minimum absolute atomic E-state index is 0.0193. The number of aromatic hydroxyl groups is 1. The second-order valence-electron chi connectivity index (χ2n) is 8.31. The molecule has 1 aromatic carbocycles. The Labute approximate surface area is 180 Å². The summed E-state index contributed by atoms with van der Waals surface area (Å²) in [6, 6.07) is 4.42. The normalized spacial score (nSPS) is 11.1. The molecule has 7 heteroatoms. The molecule has 1 rings (SSSR count). The summed E-state index contributed by atoms with van der Waals surface area (Å²) in [5.74, 6) is -0.0547. The fraction of sp³-hybridized carbons (Fsp3) is 0.652. The highest BCUT2D eigenvalue weighted by molar-refractivity contribution is 5.90. The zero-order valence-corrected chi connectivity index (χ0v) is 18.8. The van der Waals surface area contributed by atoms with Gasteiger partial charge in [-0.15, -0.1) is 0 Å². The number of hydrogen-bond acceptors (Lipinski definition) is 6. The van der Waals surface area contributed by atoms with Crippen LogP contribution in [0.2, 0.25) is 0 Å². The summed E-state index contributed by atoms with van der Waals surface area (Å²) < 4.78 is 15.5. The van der Waals surface area contributed by atoms with Crippen molar-refractivity contribution in [3.8, 4) is 11.5 Å². The summed E-state index contributed by atoms with van der Waals surface area (Å²) >= 11 is 0. The predicted octanol–water partition coefficient (Wildman–Crippen LogP) is 5.20. The van der Waals surface area contributed by atoms with Crippen LogP contribution in [0.5, 0.6) is 11.5 Å². The predicted molar refractivity (Wildman–Crippen MR) is 116 cm³/mol. The van der Waals surface area contributed by atoms with Crippen molar-refractivity contribution < 1.29 is 28.9 Å². The van der Waals surface area contributed by atoms with Gasteiger partial charge < -0.3 is 24.6 Å². The molecule has 0 bridgehead atoms. The first-order valence-corrected chi connectivity index (χ1v) is 10.7. The Morgan fingerprint density at radius 1 is 0.933 bits per heavy atom. The van der Waals surface area contributed by atoms with Crippen molar-refractivity contribution >= 4 is 12.1 Å². The summed E-state index contributed by atoms with van der Waals surface area (Å²) in [7, 11) is 1.30. The molecule has 170 valence electrons. The van der Waals surface area contributed by atoms with Crippen molar-refractivity contribution in [3.63, 3.8) is 0 Å². The van der Waals surface area contributed by atoms with E-state index in [1.54, 1.807) is 6.07 Å². The van der Waals surface area contributed by atoms with Crippen molar-refractivity contribution in [3.05, 3.63) is 23.8 Å². The standard InChI is InChI=1S/C23H37NO6/c1-23(2,3)30-22(27)24-13-11-9-7-5-6-8-10-12-14-29-20-16-18(21(26)28-4)15-19(25)17-20/h15-17,25H,5-14H2,1-4H3,(H,24,27). The Kier molecular flexibility index (Phi) is 11.7. The Morgan fingerprint density at radius 3 is 2.13 bits per heavy atom. The second kappa shape index (κ2) is 13.7. The third kappa shape index (κ3) is 12.2. The van der Waals surface area contributed by atoms with Gasteiger partial charge >= 0.3 is 12.1 Å². The molecule has 0 aliphatic rings. The van der Waals surface area contributed by atoms with E-state index < -0.39 is 11.6 Å². The number of carbonyl (C=O) groups is 2. The maximum Gasteiger partial charge on any atom is 0.407 e. The van der Waals surface area contributed by atoms with Gasteiger partial charge in [-0.05, 0) is 45.7 Å². The van der Waals surface area contributed by atoms with E-state index >= 15 is 0 Å². The zero-order chi connectivity index (χ0) is 22.4. The van der Waals surface area contributed by atoms with E-state index in [0.717, 1.165) is 38.5 Å². The van der Waals surface area contributed by atoms with Crippen LogP contribution in [0.4, 0.5) is 4.79 Å². The molecule has 0 aliphatic heterocycles. The minimum Gasteiger partial charge on any atom is -0.508 e. The topological polar surface area (TPSA) is 94.1 Å². The zero-order valence-electron chi connectivity index (χ0n) is 18.8. The lowest BCUT2D eigenvalue weighted by Crippen LogP contribution is -2.32. The van der Waals surface area contributed by atoms with E-state index in [1.807, 2.05) is 20.8 Å². The maximum atomic E-state index is 11.5. The number of carbonyl (C=O) groups excluding carboxylic acids is 2. The molecular weight excluding hydrogens is 386 g/mol. The third-order valence-corrected chi connectivity index (χ3v) is 4.32. The molecule has 0 spiro atoms. The number of nitrogens with one attached hydrogen (secondary N) is 1. The molecule has 0 aliphatic carbocycles. The van der Waals surface area contributed by atoms with Gasteiger partial charge in [-0.3, -0.25) is 0 Å². The molecular formula is C23H37NO6. The number of methoxy groups -OCH3 is 1. The van der Waals surface area contributed by atoms with Gasteiger partial charge in [-0.25, -0.2) is 9.59 Å².